The lowest BCUT2D eigenvalue weighted by Gasteiger charge is -2.02. The zero-order valence-electron chi connectivity index (χ0n) is 12.6. The van der Waals surface area contributed by atoms with Gasteiger partial charge in [-0.15, -0.1) is 11.3 Å². The van der Waals surface area contributed by atoms with Gasteiger partial charge in [0.2, 0.25) is 0 Å². The average molecular weight is 335 g/mol. The van der Waals surface area contributed by atoms with Crippen molar-refractivity contribution in [1.82, 2.24) is 24.9 Å². The van der Waals surface area contributed by atoms with Crippen molar-refractivity contribution < 1.29 is 4.79 Å². The van der Waals surface area contributed by atoms with Gasteiger partial charge in [-0.3, -0.25) is 4.79 Å². The van der Waals surface area contributed by atoms with Gasteiger partial charge in [0.1, 0.15) is 10.7 Å². The first kappa shape index (κ1) is 14.5. The molecule has 3 aromatic heterocycles. The fraction of sp³-hybridized carbons (Fsp3) is 0.0588. The van der Waals surface area contributed by atoms with Crippen molar-refractivity contribution in [2.75, 3.05) is 0 Å². The van der Waals surface area contributed by atoms with Crippen molar-refractivity contribution in [3.8, 4) is 10.6 Å². The van der Waals surface area contributed by atoms with Crippen molar-refractivity contribution in [3.63, 3.8) is 0 Å². The van der Waals surface area contributed by atoms with Crippen LogP contribution < -0.4 is 5.32 Å². The van der Waals surface area contributed by atoms with Gasteiger partial charge in [-0.1, -0.05) is 30.3 Å². The highest BCUT2D eigenvalue weighted by atomic mass is 32.1. The molecule has 24 heavy (non-hydrogen) atoms. The summed E-state index contributed by atoms with van der Waals surface area (Å²) in [6.45, 7) is 0.477. The maximum atomic E-state index is 12.3. The van der Waals surface area contributed by atoms with Crippen molar-refractivity contribution >= 4 is 22.9 Å². The normalized spacial score (nSPS) is 10.8. The Labute approximate surface area is 141 Å². The molecule has 0 atom stereocenters. The third kappa shape index (κ3) is 2.77. The van der Waals surface area contributed by atoms with Crippen LogP contribution in [0.2, 0.25) is 0 Å². The van der Waals surface area contributed by atoms with Crippen LogP contribution in [0.3, 0.4) is 0 Å². The number of fused-ring (bicyclic) bond motifs is 1. The molecule has 0 aliphatic heterocycles. The summed E-state index contributed by atoms with van der Waals surface area (Å²) in [6.07, 6.45) is 5.25. The summed E-state index contributed by atoms with van der Waals surface area (Å²) in [5.74, 6) is -0.189. The van der Waals surface area contributed by atoms with Gasteiger partial charge >= 0.3 is 0 Å². The summed E-state index contributed by atoms with van der Waals surface area (Å²) in [4.78, 5) is 21.0. The van der Waals surface area contributed by atoms with Crippen LogP contribution in [0.5, 0.6) is 0 Å². The SMILES string of the molecule is O=C(NCc1ccccc1)c1csc(-c2cnn3cccnc23)n1. The molecule has 0 unspecified atom stereocenters. The third-order valence-corrected chi connectivity index (χ3v) is 4.42. The molecule has 0 saturated heterocycles. The van der Waals surface area contributed by atoms with Crippen LogP contribution in [0.1, 0.15) is 16.1 Å². The molecule has 6 nitrogen and oxygen atoms in total. The van der Waals surface area contributed by atoms with Gasteiger partial charge in [0.15, 0.2) is 5.65 Å². The van der Waals surface area contributed by atoms with Crippen LogP contribution in [0, 0.1) is 0 Å². The number of hydrogen-bond donors (Lipinski definition) is 1. The molecule has 0 fully saturated rings. The van der Waals surface area contributed by atoms with Gasteiger partial charge < -0.3 is 5.32 Å². The molecule has 0 aliphatic rings. The van der Waals surface area contributed by atoms with E-state index in [-0.39, 0.29) is 5.91 Å². The lowest BCUT2D eigenvalue weighted by molar-refractivity contribution is 0.0946. The molecule has 0 saturated carbocycles. The minimum atomic E-state index is -0.189. The summed E-state index contributed by atoms with van der Waals surface area (Å²) < 4.78 is 1.69. The average Bonchev–Trinajstić information content (AvgIpc) is 3.27. The number of amides is 1. The zero-order valence-corrected chi connectivity index (χ0v) is 13.4. The molecule has 1 aromatic carbocycles. The van der Waals surface area contributed by atoms with E-state index in [4.69, 9.17) is 0 Å². The van der Waals surface area contributed by atoms with Gasteiger partial charge in [-0.2, -0.15) is 5.10 Å². The molecule has 0 radical (unpaired) electrons. The first-order chi connectivity index (χ1) is 11.8. The number of hydrogen-bond acceptors (Lipinski definition) is 5. The van der Waals surface area contributed by atoms with E-state index in [1.807, 2.05) is 42.6 Å². The fourth-order valence-corrected chi connectivity index (χ4v) is 3.15. The van der Waals surface area contributed by atoms with E-state index < -0.39 is 0 Å². The van der Waals surface area contributed by atoms with Crippen molar-refractivity contribution in [1.29, 1.82) is 0 Å². The van der Waals surface area contributed by atoms with Crippen LogP contribution in [-0.4, -0.2) is 25.5 Å². The van der Waals surface area contributed by atoms with Crippen molar-refractivity contribution in [2.24, 2.45) is 0 Å². The number of aromatic nitrogens is 4. The number of nitrogens with zero attached hydrogens (tertiary/aromatic N) is 4. The van der Waals surface area contributed by atoms with Crippen LogP contribution in [0.15, 0.2) is 60.4 Å². The van der Waals surface area contributed by atoms with Crippen LogP contribution in [0.4, 0.5) is 0 Å². The highest BCUT2D eigenvalue weighted by molar-refractivity contribution is 7.13. The largest absolute Gasteiger partial charge is 0.347 e. The molecule has 0 bridgehead atoms. The second kappa shape index (κ2) is 6.21. The molecule has 0 aliphatic carbocycles. The highest BCUT2D eigenvalue weighted by Crippen LogP contribution is 2.26. The summed E-state index contributed by atoms with van der Waals surface area (Å²) in [5, 5.41) is 9.61. The molecular weight excluding hydrogens is 322 g/mol. The molecule has 4 rings (SSSR count). The Morgan fingerprint density at radius 1 is 1.21 bits per heavy atom. The van der Waals surface area contributed by atoms with Crippen LogP contribution in [-0.2, 0) is 6.54 Å². The third-order valence-electron chi connectivity index (χ3n) is 3.54. The van der Waals surface area contributed by atoms with Crippen LogP contribution >= 0.6 is 11.3 Å². The van der Waals surface area contributed by atoms with Gasteiger partial charge in [0.05, 0.1) is 11.8 Å². The summed E-state index contributed by atoms with van der Waals surface area (Å²) in [7, 11) is 0. The van der Waals surface area contributed by atoms with Gasteiger partial charge in [0.25, 0.3) is 5.91 Å². The fourth-order valence-electron chi connectivity index (χ4n) is 2.35. The Hall–Kier alpha value is -3.06. The highest BCUT2D eigenvalue weighted by Gasteiger charge is 2.15. The monoisotopic (exact) mass is 335 g/mol. The second-order valence-corrected chi connectivity index (χ2v) is 6.01. The molecule has 1 amide bonds. The van der Waals surface area contributed by atoms with Crippen molar-refractivity contribution in [3.05, 3.63) is 71.6 Å². The van der Waals surface area contributed by atoms with E-state index >= 15 is 0 Å². The quantitative estimate of drug-likeness (QED) is 0.622. The number of benzene rings is 1. The predicted octanol–water partition coefficient (Wildman–Crippen LogP) is 2.78. The van der Waals surface area contributed by atoms with Gasteiger partial charge in [0, 0.05) is 24.3 Å². The van der Waals surface area contributed by atoms with E-state index in [1.54, 1.807) is 22.3 Å². The number of carbonyl (C=O) groups is 1. The first-order valence-electron chi connectivity index (χ1n) is 7.37. The summed E-state index contributed by atoms with van der Waals surface area (Å²) >= 11 is 1.41. The Bertz CT molecular complexity index is 992. The second-order valence-electron chi connectivity index (χ2n) is 5.15. The Balaban J connectivity index is 1.53. The number of thiazole rings is 1. The topological polar surface area (TPSA) is 72.2 Å². The lowest BCUT2D eigenvalue weighted by atomic mass is 10.2. The molecule has 4 aromatic rings. The number of nitrogens with one attached hydrogen (secondary N) is 1. The number of rotatable bonds is 4. The molecule has 118 valence electrons. The maximum Gasteiger partial charge on any atom is 0.271 e. The molecule has 0 spiro atoms. The minimum Gasteiger partial charge on any atom is -0.347 e. The smallest absolute Gasteiger partial charge is 0.271 e. The summed E-state index contributed by atoms with van der Waals surface area (Å²) in [6, 6.07) is 11.6. The van der Waals surface area contributed by atoms with E-state index in [0.717, 1.165) is 21.8 Å². The maximum absolute atomic E-state index is 12.3. The van der Waals surface area contributed by atoms with E-state index in [2.05, 4.69) is 20.4 Å². The molecule has 7 heteroatoms. The zero-order chi connectivity index (χ0) is 16.4. The van der Waals surface area contributed by atoms with Gasteiger partial charge in [-0.25, -0.2) is 14.5 Å². The Kier molecular flexibility index (Phi) is 3.76. The molecule has 3 heterocycles. The minimum absolute atomic E-state index is 0.189. The van der Waals surface area contributed by atoms with Gasteiger partial charge in [-0.05, 0) is 11.6 Å². The molecule has 1 N–H and O–H groups in total. The Morgan fingerprint density at radius 3 is 2.96 bits per heavy atom. The number of carbonyl (C=O) groups excluding carboxylic acids is 1. The molecular formula is C17H13N5OS. The van der Waals surface area contributed by atoms with Crippen LogP contribution in [0.25, 0.3) is 16.2 Å². The Morgan fingerprint density at radius 2 is 2.08 bits per heavy atom. The standard InChI is InChI=1S/C17H13N5OS/c23-16(19-9-12-5-2-1-3-6-12)14-11-24-17(21-14)13-10-20-22-8-4-7-18-15(13)22/h1-8,10-11H,9H2,(H,19,23). The van der Waals surface area contributed by atoms with E-state index in [0.29, 0.717) is 12.2 Å². The first-order valence-corrected chi connectivity index (χ1v) is 8.25. The van der Waals surface area contributed by atoms with E-state index in [9.17, 15) is 4.79 Å². The van der Waals surface area contributed by atoms with E-state index in [1.165, 1.54) is 11.3 Å². The van der Waals surface area contributed by atoms with Crippen molar-refractivity contribution in [2.45, 2.75) is 6.54 Å². The summed E-state index contributed by atoms with van der Waals surface area (Å²) in [5.41, 5.74) is 3.00. The lowest BCUT2D eigenvalue weighted by Crippen LogP contribution is -2.23. The predicted molar refractivity (Wildman–Crippen MR) is 91.7 cm³/mol.